The number of nitrogens with two attached hydrogens (primary N) is 1. The third-order valence-corrected chi connectivity index (χ3v) is 3.93. The van der Waals surface area contributed by atoms with Gasteiger partial charge < -0.3 is 11.1 Å². The van der Waals surface area contributed by atoms with Gasteiger partial charge in [0, 0.05) is 5.69 Å². The summed E-state index contributed by atoms with van der Waals surface area (Å²) in [7, 11) is 0. The summed E-state index contributed by atoms with van der Waals surface area (Å²) in [6.07, 6.45) is 6.24. The van der Waals surface area contributed by atoms with Gasteiger partial charge in [-0.25, -0.2) is 0 Å². The number of anilines is 1. The number of amides is 1. The van der Waals surface area contributed by atoms with E-state index in [0.29, 0.717) is 6.42 Å². The van der Waals surface area contributed by atoms with Crippen molar-refractivity contribution in [1.82, 2.24) is 0 Å². The van der Waals surface area contributed by atoms with E-state index in [1.54, 1.807) is 6.92 Å². The normalized spacial score (nSPS) is 17.4. The summed E-state index contributed by atoms with van der Waals surface area (Å²) in [5.74, 6) is -0.0756. The molecule has 0 aliphatic heterocycles. The second kappa shape index (κ2) is 5.74. The molecule has 3 N–H and O–H groups in total. The third kappa shape index (κ3) is 3.16. The Balaban J connectivity index is 2.17. The van der Waals surface area contributed by atoms with Gasteiger partial charge in [0.2, 0.25) is 5.91 Å². The molecule has 1 aliphatic carbocycles. The molecule has 19 heavy (non-hydrogen) atoms. The van der Waals surface area contributed by atoms with Gasteiger partial charge >= 0.3 is 0 Å². The Labute approximate surface area is 115 Å². The monoisotopic (exact) mass is 260 g/mol. The summed E-state index contributed by atoms with van der Waals surface area (Å²) in [5.41, 5.74) is 8.92. The number of rotatable bonds is 4. The minimum Gasteiger partial charge on any atom is -0.324 e. The Hall–Kier alpha value is -1.35. The van der Waals surface area contributed by atoms with Crippen LogP contribution in [0.15, 0.2) is 18.2 Å². The van der Waals surface area contributed by atoms with Crippen LogP contribution in [0.3, 0.4) is 0 Å². The zero-order chi connectivity index (χ0) is 13.9. The van der Waals surface area contributed by atoms with Crippen LogP contribution in [0.25, 0.3) is 0 Å². The highest BCUT2D eigenvalue weighted by Gasteiger charge is 2.28. The van der Waals surface area contributed by atoms with Crippen LogP contribution in [-0.2, 0) is 17.6 Å². The van der Waals surface area contributed by atoms with E-state index in [1.165, 1.54) is 24.0 Å². The summed E-state index contributed by atoms with van der Waals surface area (Å²) in [5, 5.41) is 3.03. The van der Waals surface area contributed by atoms with E-state index in [2.05, 4.69) is 11.4 Å². The Morgan fingerprint density at radius 3 is 2.84 bits per heavy atom. The summed E-state index contributed by atoms with van der Waals surface area (Å²) in [6.45, 7) is 3.85. The number of fused-ring (bicyclic) bond motifs is 1. The summed E-state index contributed by atoms with van der Waals surface area (Å²) < 4.78 is 0. The Bertz CT molecular complexity index is 466. The number of hydrogen-bond acceptors (Lipinski definition) is 2. The molecule has 3 nitrogen and oxygen atoms in total. The van der Waals surface area contributed by atoms with E-state index >= 15 is 0 Å². The number of aryl methyl sites for hydroxylation is 1. The minimum absolute atomic E-state index is 0.0756. The van der Waals surface area contributed by atoms with Crippen molar-refractivity contribution < 1.29 is 4.79 Å². The summed E-state index contributed by atoms with van der Waals surface area (Å²) in [4.78, 5) is 12.3. The molecule has 0 aromatic heterocycles. The van der Waals surface area contributed by atoms with Gasteiger partial charge in [-0.2, -0.15) is 0 Å². The van der Waals surface area contributed by atoms with Crippen molar-refractivity contribution in [3.63, 3.8) is 0 Å². The van der Waals surface area contributed by atoms with Gasteiger partial charge in [0.25, 0.3) is 0 Å². The first-order valence-electron chi connectivity index (χ1n) is 7.25. The minimum atomic E-state index is -0.786. The van der Waals surface area contributed by atoms with Crippen molar-refractivity contribution in [1.29, 1.82) is 0 Å². The number of carbonyl (C=O) groups excluding carboxylic acids is 1. The van der Waals surface area contributed by atoms with Gasteiger partial charge in [0.05, 0.1) is 5.54 Å². The van der Waals surface area contributed by atoms with Gasteiger partial charge in [-0.1, -0.05) is 25.5 Å². The predicted molar refractivity (Wildman–Crippen MR) is 79.2 cm³/mol. The fourth-order valence-corrected chi connectivity index (χ4v) is 2.80. The molecule has 0 spiro atoms. The zero-order valence-electron chi connectivity index (χ0n) is 12.0. The molecule has 3 heteroatoms. The molecule has 1 aromatic rings. The number of nitrogens with one attached hydrogen (secondary N) is 1. The molecule has 0 saturated carbocycles. The standard InChI is InChI=1S/C16H24N2O/c1-3-11-16(2,17)15(19)18-14-10-6-8-12-7-4-5-9-13(12)14/h6,8,10H,3-5,7,9,11,17H2,1-2H3,(H,18,19). The highest BCUT2D eigenvalue weighted by atomic mass is 16.2. The van der Waals surface area contributed by atoms with Gasteiger partial charge in [0.1, 0.15) is 0 Å². The van der Waals surface area contributed by atoms with E-state index in [4.69, 9.17) is 5.73 Å². The van der Waals surface area contributed by atoms with E-state index in [1.807, 2.05) is 19.1 Å². The maximum absolute atomic E-state index is 12.3. The third-order valence-electron chi connectivity index (χ3n) is 3.93. The average molecular weight is 260 g/mol. The molecule has 0 saturated heterocycles. The van der Waals surface area contributed by atoms with Crippen LogP contribution >= 0.6 is 0 Å². The van der Waals surface area contributed by atoms with E-state index in [-0.39, 0.29) is 5.91 Å². The lowest BCUT2D eigenvalue weighted by Crippen LogP contribution is -2.48. The molecule has 2 rings (SSSR count). The predicted octanol–water partition coefficient (Wildman–Crippen LogP) is 3.02. The van der Waals surface area contributed by atoms with Crippen molar-refractivity contribution in [3.05, 3.63) is 29.3 Å². The van der Waals surface area contributed by atoms with Crippen LogP contribution in [0.4, 0.5) is 5.69 Å². The van der Waals surface area contributed by atoms with E-state index in [0.717, 1.165) is 24.9 Å². The van der Waals surface area contributed by atoms with Crippen molar-refractivity contribution in [2.24, 2.45) is 5.73 Å². The van der Waals surface area contributed by atoms with Crippen molar-refractivity contribution in [3.8, 4) is 0 Å². The Kier molecular flexibility index (Phi) is 4.25. The number of carbonyl (C=O) groups is 1. The molecule has 1 amide bonds. The highest BCUT2D eigenvalue weighted by molar-refractivity contribution is 5.98. The van der Waals surface area contributed by atoms with Gasteiger partial charge in [-0.05, 0) is 56.2 Å². The molecular formula is C16H24N2O. The highest BCUT2D eigenvalue weighted by Crippen LogP contribution is 2.28. The smallest absolute Gasteiger partial charge is 0.244 e. The SMILES string of the molecule is CCCC(C)(N)C(=O)Nc1cccc2c1CCCC2. The molecular weight excluding hydrogens is 236 g/mol. The molecule has 1 atom stereocenters. The first-order chi connectivity index (χ1) is 9.04. The molecule has 1 unspecified atom stereocenters. The Morgan fingerprint density at radius 2 is 2.11 bits per heavy atom. The molecule has 0 bridgehead atoms. The van der Waals surface area contributed by atoms with Gasteiger partial charge in [-0.15, -0.1) is 0 Å². The summed E-state index contributed by atoms with van der Waals surface area (Å²) >= 11 is 0. The largest absolute Gasteiger partial charge is 0.324 e. The van der Waals surface area contributed by atoms with Gasteiger partial charge in [0.15, 0.2) is 0 Å². The van der Waals surface area contributed by atoms with Crippen LogP contribution in [0.5, 0.6) is 0 Å². The average Bonchev–Trinajstić information content (AvgIpc) is 2.39. The van der Waals surface area contributed by atoms with E-state index < -0.39 is 5.54 Å². The maximum Gasteiger partial charge on any atom is 0.244 e. The van der Waals surface area contributed by atoms with Crippen LogP contribution in [0, 0.1) is 0 Å². The van der Waals surface area contributed by atoms with Crippen LogP contribution < -0.4 is 11.1 Å². The fraction of sp³-hybridized carbons (Fsp3) is 0.562. The van der Waals surface area contributed by atoms with E-state index in [9.17, 15) is 4.79 Å². The molecule has 1 aromatic carbocycles. The van der Waals surface area contributed by atoms with Crippen LogP contribution in [-0.4, -0.2) is 11.4 Å². The first-order valence-corrected chi connectivity index (χ1v) is 7.25. The second-order valence-corrected chi connectivity index (χ2v) is 5.77. The first kappa shape index (κ1) is 14.1. The van der Waals surface area contributed by atoms with Crippen LogP contribution in [0.1, 0.15) is 50.7 Å². The maximum atomic E-state index is 12.3. The van der Waals surface area contributed by atoms with Crippen molar-refractivity contribution in [2.75, 3.05) is 5.32 Å². The molecule has 0 heterocycles. The second-order valence-electron chi connectivity index (χ2n) is 5.77. The zero-order valence-corrected chi connectivity index (χ0v) is 12.0. The van der Waals surface area contributed by atoms with Crippen molar-refractivity contribution in [2.45, 2.75) is 57.9 Å². The molecule has 0 fully saturated rings. The number of hydrogen-bond donors (Lipinski definition) is 2. The fourth-order valence-electron chi connectivity index (χ4n) is 2.80. The molecule has 1 aliphatic rings. The molecule has 0 radical (unpaired) electrons. The lowest BCUT2D eigenvalue weighted by Gasteiger charge is -2.25. The number of benzene rings is 1. The summed E-state index contributed by atoms with van der Waals surface area (Å²) in [6, 6.07) is 6.18. The van der Waals surface area contributed by atoms with Crippen molar-refractivity contribution >= 4 is 11.6 Å². The molecule has 104 valence electrons. The van der Waals surface area contributed by atoms with Gasteiger partial charge in [-0.3, -0.25) is 4.79 Å². The lowest BCUT2D eigenvalue weighted by molar-refractivity contribution is -0.120. The lowest BCUT2D eigenvalue weighted by atomic mass is 9.90. The van der Waals surface area contributed by atoms with Crippen LogP contribution in [0.2, 0.25) is 0 Å². The quantitative estimate of drug-likeness (QED) is 0.874. The topological polar surface area (TPSA) is 55.1 Å². The Morgan fingerprint density at radius 1 is 1.37 bits per heavy atom.